The largest absolute Gasteiger partial charge is 0.393 e. The fourth-order valence-electron chi connectivity index (χ4n) is 4.96. The molecule has 2 heterocycles. The zero-order chi connectivity index (χ0) is 18.1. The van der Waals surface area contributed by atoms with E-state index in [2.05, 4.69) is 30.3 Å². The molecule has 1 unspecified atom stereocenters. The summed E-state index contributed by atoms with van der Waals surface area (Å²) in [5, 5.41) is 13.7. The topological polar surface area (TPSA) is 61.3 Å². The van der Waals surface area contributed by atoms with Crippen LogP contribution >= 0.6 is 0 Å². The van der Waals surface area contributed by atoms with E-state index in [1.54, 1.807) is 0 Å². The first kappa shape index (κ1) is 18.2. The number of anilines is 1. The monoisotopic (exact) mass is 358 g/mol. The third-order valence-electron chi connectivity index (χ3n) is 6.45. The van der Waals surface area contributed by atoms with Crippen LogP contribution in [0.25, 0.3) is 0 Å². The summed E-state index contributed by atoms with van der Waals surface area (Å²) in [6.45, 7) is 6.44. The van der Waals surface area contributed by atoms with Gasteiger partial charge in [0, 0.05) is 36.9 Å². The number of piperidine rings is 1. The third kappa shape index (κ3) is 4.04. The van der Waals surface area contributed by atoms with Gasteiger partial charge < -0.3 is 15.3 Å². The number of aliphatic hydroxyl groups is 1. The van der Waals surface area contributed by atoms with Crippen molar-refractivity contribution < 1.29 is 5.11 Å². The van der Waals surface area contributed by atoms with Gasteiger partial charge in [0.2, 0.25) is 5.95 Å². The first-order valence-electron chi connectivity index (χ1n) is 10.5. The molecule has 0 radical (unpaired) electrons. The molecule has 1 atom stereocenters. The lowest BCUT2D eigenvalue weighted by atomic mass is 9.73. The number of nitrogens with zero attached hydrogens (tertiary/aromatic N) is 3. The van der Waals surface area contributed by atoms with Crippen LogP contribution < -0.4 is 10.2 Å². The van der Waals surface area contributed by atoms with Gasteiger partial charge in [0.1, 0.15) is 0 Å². The molecule has 26 heavy (non-hydrogen) atoms. The van der Waals surface area contributed by atoms with Gasteiger partial charge in [-0.2, -0.15) is 0 Å². The molecule has 1 aliphatic heterocycles. The molecule has 4 rings (SSSR count). The molecule has 5 heteroatoms. The average Bonchev–Trinajstić information content (AvgIpc) is 2.62. The van der Waals surface area contributed by atoms with Gasteiger partial charge in [-0.3, -0.25) is 0 Å². The predicted octanol–water partition coefficient (Wildman–Crippen LogP) is 3.37. The van der Waals surface area contributed by atoms with Crippen LogP contribution in [0.15, 0.2) is 6.20 Å². The molecule has 2 fully saturated rings. The number of hydrogen-bond donors (Lipinski definition) is 2. The second-order valence-corrected chi connectivity index (χ2v) is 9.39. The van der Waals surface area contributed by atoms with Crippen molar-refractivity contribution in [2.45, 2.75) is 89.8 Å². The molecule has 0 amide bonds. The van der Waals surface area contributed by atoms with Gasteiger partial charge in [0.15, 0.2) is 0 Å². The Balaban J connectivity index is 1.54. The van der Waals surface area contributed by atoms with Crippen LogP contribution in [0.5, 0.6) is 0 Å². The molecular formula is C21H34N4O. The number of fused-ring (bicyclic) bond motifs is 1. The van der Waals surface area contributed by atoms with E-state index in [0.29, 0.717) is 12.1 Å². The van der Waals surface area contributed by atoms with E-state index in [1.165, 1.54) is 43.4 Å². The van der Waals surface area contributed by atoms with E-state index >= 15 is 0 Å². The van der Waals surface area contributed by atoms with E-state index in [1.807, 2.05) is 0 Å². The van der Waals surface area contributed by atoms with Gasteiger partial charge in [0.25, 0.3) is 0 Å². The molecule has 1 aromatic heterocycles. The minimum atomic E-state index is -0.160. The van der Waals surface area contributed by atoms with Gasteiger partial charge in [-0.1, -0.05) is 33.1 Å². The van der Waals surface area contributed by atoms with Crippen molar-refractivity contribution in [1.29, 1.82) is 0 Å². The normalized spacial score (nSPS) is 27.3. The molecular weight excluding hydrogens is 324 g/mol. The van der Waals surface area contributed by atoms with Crippen molar-refractivity contribution in [3.8, 4) is 0 Å². The van der Waals surface area contributed by atoms with E-state index in [9.17, 15) is 5.11 Å². The molecule has 3 aliphatic rings. The average molecular weight is 359 g/mol. The van der Waals surface area contributed by atoms with Crippen LogP contribution in [0.3, 0.4) is 0 Å². The molecule has 5 nitrogen and oxygen atoms in total. The second-order valence-electron chi connectivity index (χ2n) is 9.39. The van der Waals surface area contributed by atoms with Gasteiger partial charge >= 0.3 is 0 Å². The lowest BCUT2D eigenvalue weighted by Crippen LogP contribution is -2.41. The molecule has 0 aromatic carbocycles. The number of aromatic nitrogens is 2. The third-order valence-corrected chi connectivity index (χ3v) is 6.45. The molecule has 0 spiro atoms. The Labute approximate surface area is 157 Å². The Bertz CT molecular complexity index is 618. The lowest BCUT2D eigenvalue weighted by Gasteiger charge is -2.39. The Morgan fingerprint density at radius 3 is 2.58 bits per heavy atom. The summed E-state index contributed by atoms with van der Waals surface area (Å²) in [6, 6.07) is 1.04. The van der Waals surface area contributed by atoms with Gasteiger partial charge in [-0.05, 0) is 43.9 Å². The maximum atomic E-state index is 9.75. The van der Waals surface area contributed by atoms with Crippen molar-refractivity contribution in [2.75, 3.05) is 18.0 Å². The quantitative estimate of drug-likeness (QED) is 0.867. The predicted molar refractivity (Wildman–Crippen MR) is 104 cm³/mol. The van der Waals surface area contributed by atoms with Crippen LogP contribution in [0.4, 0.5) is 5.95 Å². The highest BCUT2D eigenvalue weighted by Gasteiger charge is 2.35. The highest BCUT2D eigenvalue weighted by molar-refractivity contribution is 5.37. The summed E-state index contributed by atoms with van der Waals surface area (Å²) in [4.78, 5) is 12.0. The second kappa shape index (κ2) is 7.43. The molecule has 2 aliphatic carbocycles. The number of aliphatic hydroxyl groups excluding tert-OH is 1. The smallest absolute Gasteiger partial charge is 0.225 e. The van der Waals surface area contributed by atoms with Crippen LogP contribution in [0, 0.1) is 5.41 Å². The van der Waals surface area contributed by atoms with Crippen molar-refractivity contribution in [3.05, 3.63) is 17.5 Å². The van der Waals surface area contributed by atoms with Crippen molar-refractivity contribution in [2.24, 2.45) is 5.41 Å². The van der Waals surface area contributed by atoms with Crippen LogP contribution in [-0.4, -0.2) is 40.3 Å². The zero-order valence-corrected chi connectivity index (χ0v) is 16.4. The SMILES string of the molecule is CC1(C)Cc2nc(N3CCC(O)CC3)ncc2C(NC2CCCCC2)C1. The van der Waals surface area contributed by atoms with Crippen molar-refractivity contribution in [1.82, 2.24) is 15.3 Å². The summed E-state index contributed by atoms with van der Waals surface area (Å²) in [6.07, 6.45) is 12.5. The molecule has 1 saturated heterocycles. The molecule has 144 valence electrons. The number of nitrogens with one attached hydrogen (secondary N) is 1. The van der Waals surface area contributed by atoms with Gasteiger partial charge in [0.05, 0.1) is 11.8 Å². The van der Waals surface area contributed by atoms with E-state index < -0.39 is 0 Å². The number of rotatable bonds is 3. The molecule has 1 aromatic rings. The fraction of sp³-hybridized carbons (Fsp3) is 0.810. The minimum absolute atomic E-state index is 0.160. The summed E-state index contributed by atoms with van der Waals surface area (Å²) in [5.41, 5.74) is 2.81. The number of hydrogen-bond acceptors (Lipinski definition) is 5. The first-order chi connectivity index (χ1) is 12.5. The Morgan fingerprint density at radius 1 is 1.12 bits per heavy atom. The van der Waals surface area contributed by atoms with Crippen molar-refractivity contribution in [3.63, 3.8) is 0 Å². The first-order valence-corrected chi connectivity index (χ1v) is 10.5. The maximum absolute atomic E-state index is 9.75. The van der Waals surface area contributed by atoms with Gasteiger partial charge in [-0.15, -0.1) is 0 Å². The Hall–Kier alpha value is -1.20. The minimum Gasteiger partial charge on any atom is -0.393 e. The molecule has 0 bridgehead atoms. The molecule has 1 saturated carbocycles. The van der Waals surface area contributed by atoms with Crippen LogP contribution in [0.2, 0.25) is 0 Å². The summed E-state index contributed by atoms with van der Waals surface area (Å²) >= 11 is 0. The van der Waals surface area contributed by atoms with Crippen molar-refractivity contribution >= 4 is 5.95 Å². The summed E-state index contributed by atoms with van der Waals surface area (Å²) in [5.74, 6) is 0.852. The fourth-order valence-corrected chi connectivity index (χ4v) is 4.96. The summed E-state index contributed by atoms with van der Waals surface area (Å²) in [7, 11) is 0. The van der Waals surface area contributed by atoms with Crippen LogP contribution in [0.1, 0.15) is 82.5 Å². The van der Waals surface area contributed by atoms with E-state index in [4.69, 9.17) is 9.97 Å². The highest BCUT2D eigenvalue weighted by Crippen LogP contribution is 2.41. The Kier molecular flexibility index (Phi) is 5.20. The van der Waals surface area contributed by atoms with E-state index in [0.717, 1.165) is 44.7 Å². The van der Waals surface area contributed by atoms with Crippen LogP contribution in [-0.2, 0) is 6.42 Å². The maximum Gasteiger partial charge on any atom is 0.225 e. The van der Waals surface area contributed by atoms with Gasteiger partial charge in [-0.25, -0.2) is 9.97 Å². The zero-order valence-electron chi connectivity index (χ0n) is 16.4. The standard InChI is InChI=1S/C21H34N4O/c1-21(2)12-18(23-15-6-4-3-5-7-15)17-14-22-20(24-19(17)13-21)25-10-8-16(26)9-11-25/h14-16,18,23,26H,3-13H2,1-2H3. The lowest BCUT2D eigenvalue weighted by molar-refractivity contribution is 0.145. The molecule has 2 N–H and O–H groups in total. The highest BCUT2D eigenvalue weighted by atomic mass is 16.3. The Morgan fingerprint density at radius 2 is 1.85 bits per heavy atom. The summed E-state index contributed by atoms with van der Waals surface area (Å²) < 4.78 is 0. The van der Waals surface area contributed by atoms with E-state index in [-0.39, 0.29) is 11.5 Å².